The Morgan fingerprint density at radius 3 is 2.34 bits per heavy atom. The van der Waals surface area contributed by atoms with E-state index in [0.29, 0.717) is 30.2 Å². The van der Waals surface area contributed by atoms with Gasteiger partial charge in [0.05, 0.1) is 24.7 Å². The first-order valence-electron chi connectivity index (χ1n) is 9.35. The smallest absolute Gasteiger partial charge is 0.338 e. The Labute approximate surface area is 171 Å². The molecule has 0 spiro atoms. The van der Waals surface area contributed by atoms with Crippen LogP contribution >= 0.6 is 0 Å². The van der Waals surface area contributed by atoms with Crippen molar-refractivity contribution in [3.05, 3.63) is 53.1 Å². The molecule has 1 fully saturated rings. The van der Waals surface area contributed by atoms with E-state index in [1.54, 1.807) is 38.3 Å². The molecule has 7 nitrogen and oxygen atoms in total. The van der Waals surface area contributed by atoms with E-state index >= 15 is 0 Å². The van der Waals surface area contributed by atoms with E-state index in [2.05, 4.69) is 0 Å². The van der Waals surface area contributed by atoms with Gasteiger partial charge in [-0.2, -0.15) is 4.31 Å². The second-order valence-electron chi connectivity index (χ2n) is 6.85. The van der Waals surface area contributed by atoms with Gasteiger partial charge in [0.2, 0.25) is 10.0 Å². The molecule has 1 aliphatic rings. The maximum Gasteiger partial charge on any atom is 0.338 e. The molecule has 0 N–H and O–H groups in total. The molecule has 2 aromatic carbocycles. The zero-order chi connectivity index (χ0) is 21.0. The van der Waals surface area contributed by atoms with Crippen molar-refractivity contribution >= 4 is 16.0 Å². The Morgan fingerprint density at radius 2 is 1.69 bits per heavy atom. The van der Waals surface area contributed by atoms with Crippen molar-refractivity contribution in [2.24, 2.45) is 0 Å². The molecule has 0 atom stereocenters. The van der Waals surface area contributed by atoms with Crippen LogP contribution in [0.1, 0.15) is 34.3 Å². The van der Waals surface area contributed by atoms with E-state index in [4.69, 9.17) is 14.2 Å². The Balaban J connectivity index is 1.77. The van der Waals surface area contributed by atoms with Crippen molar-refractivity contribution < 1.29 is 27.4 Å². The highest BCUT2D eigenvalue weighted by atomic mass is 32.2. The van der Waals surface area contributed by atoms with Crippen molar-refractivity contribution in [2.45, 2.75) is 31.3 Å². The summed E-state index contributed by atoms with van der Waals surface area (Å²) in [6.45, 7) is 2.80. The summed E-state index contributed by atoms with van der Waals surface area (Å²) in [6, 6.07) is 9.81. The molecule has 1 heterocycles. The number of hydrogen-bond donors (Lipinski definition) is 0. The van der Waals surface area contributed by atoms with Crippen LogP contribution in [0.25, 0.3) is 0 Å². The van der Waals surface area contributed by atoms with Crippen LogP contribution in [0, 0.1) is 6.92 Å². The topological polar surface area (TPSA) is 82.1 Å². The maximum absolute atomic E-state index is 12.8. The lowest BCUT2D eigenvalue weighted by molar-refractivity contribution is 0.0471. The zero-order valence-electron chi connectivity index (χ0n) is 16.8. The maximum atomic E-state index is 12.8. The van der Waals surface area contributed by atoms with Crippen LogP contribution in [0.3, 0.4) is 0 Å². The lowest BCUT2D eigenvalue weighted by atomic mass is 10.1. The predicted octanol–water partition coefficient (Wildman–Crippen LogP) is 3.15. The van der Waals surface area contributed by atoms with Gasteiger partial charge >= 0.3 is 5.97 Å². The van der Waals surface area contributed by atoms with Gasteiger partial charge < -0.3 is 14.2 Å². The molecule has 0 radical (unpaired) electrons. The molecule has 156 valence electrons. The predicted molar refractivity (Wildman–Crippen MR) is 108 cm³/mol. The number of hydrogen-bond acceptors (Lipinski definition) is 6. The zero-order valence-corrected chi connectivity index (χ0v) is 17.6. The minimum Gasteiger partial charge on any atom is -0.493 e. The van der Waals surface area contributed by atoms with E-state index < -0.39 is 16.0 Å². The number of carbonyl (C=O) groups is 1. The summed E-state index contributed by atoms with van der Waals surface area (Å²) >= 11 is 0. The van der Waals surface area contributed by atoms with Crippen molar-refractivity contribution in [1.29, 1.82) is 0 Å². The molecule has 0 saturated carbocycles. The van der Waals surface area contributed by atoms with Crippen LogP contribution in [0.4, 0.5) is 0 Å². The molecule has 0 aliphatic carbocycles. The minimum atomic E-state index is -3.60. The van der Waals surface area contributed by atoms with Gasteiger partial charge in [0.25, 0.3) is 0 Å². The van der Waals surface area contributed by atoms with Crippen molar-refractivity contribution in [3.63, 3.8) is 0 Å². The number of nitrogens with zero attached hydrogens (tertiary/aromatic N) is 1. The highest BCUT2D eigenvalue weighted by molar-refractivity contribution is 7.89. The fourth-order valence-corrected chi connectivity index (χ4v) is 4.80. The van der Waals surface area contributed by atoms with E-state index in [1.165, 1.54) is 23.5 Å². The third kappa shape index (κ3) is 4.54. The number of methoxy groups -OCH3 is 2. The molecule has 3 rings (SSSR count). The van der Waals surface area contributed by atoms with Crippen molar-refractivity contribution in [3.8, 4) is 11.5 Å². The van der Waals surface area contributed by atoms with Gasteiger partial charge in [-0.15, -0.1) is 0 Å². The monoisotopic (exact) mass is 419 g/mol. The van der Waals surface area contributed by atoms with Crippen LogP contribution in [0.5, 0.6) is 11.5 Å². The second-order valence-corrected chi connectivity index (χ2v) is 8.79. The van der Waals surface area contributed by atoms with E-state index in [9.17, 15) is 13.2 Å². The molecule has 1 aliphatic heterocycles. The molecule has 29 heavy (non-hydrogen) atoms. The average Bonchev–Trinajstić information content (AvgIpc) is 3.27. The van der Waals surface area contributed by atoms with Crippen molar-refractivity contribution in [1.82, 2.24) is 4.31 Å². The van der Waals surface area contributed by atoms with Crippen molar-refractivity contribution in [2.75, 3.05) is 27.3 Å². The Morgan fingerprint density at radius 1 is 1.00 bits per heavy atom. The lowest BCUT2D eigenvalue weighted by Crippen LogP contribution is -2.28. The van der Waals surface area contributed by atoms with Gasteiger partial charge in [0.15, 0.2) is 11.5 Å². The number of ether oxygens (including phenoxy) is 3. The number of carbonyl (C=O) groups excluding carboxylic acids is 1. The van der Waals surface area contributed by atoms with Crippen LogP contribution < -0.4 is 9.47 Å². The SMILES string of the molecule is COc1ccc(COC(=O)c2cc(S(=O)(=O)N3CCCC3)ccc2C)cc1OC. The van der Waals surface area contributed by atoms with Crippen LogP contribution in [0.15, 0.2) is 41.3 Å². The number of esters is 1. The molecule has 1 saturated heterocycles. The van der Waals surface area contributed by atoms with Gasteiger partial charge in [-0.05, 0) is 55.2 Å². The highest BCUT2D eigenvalue weighted by Gasteiger charge is 2.28. The quantitative estimate of drug-likeness (QED) is 0.641. The lowest BCUT2D eigenvalue weighted by Gasteiger charge is -2.16. The molecule has 2 aromatic rings. The summed E-state index contributed by atoms with van der Waals surface area (Å²) in [5.74, 6) is 0.546. The number of sulfonamides is 1. The van der Waals surface area contributed by atoms with E-state index in [0.717, 1.165) is 18.4 Å². The Hall–Kier alpha value is -2.58. The number of benzene rings is 2. The largest absolute Gasteiger partial charge is 0.493 e. The Bertz CT molecular complexity index is 996. The third-order valence-electron chi connectivity index (χ3n) is 4.95. The van der Waals surface area contributed by atoms with E-state index in [1.807, 2.05) is 0 Å². The van der Waals surface area contributed by atoms with Gasteiger partial charge in [-0.1, -0.05) is 12.1 Å². The molecule has 8 heteroatoms. The summed E-state index contributed by atoms with van der Waals surface area (Å²) < 4.78 is 42.9. The van der Waals surface area contributed by atoms with Crippen LogP contribution in [-0.2, 0) is 21.4 Å². The second kappa shape index (κ2) is 8.84. The molecule has 0 aromatic heterocycles. The molecular formula is C21H25NO6S. The van der Waals surface area contributed by atoms with Gasteiger partial charge in [-0.25, -0.2) is 13.2 Å². The van der Waals surface area contributed by atoms with Crippen LogP contribution in [0.2, 0.25) is 0 Å². The first-order valence-corrected chi connectivity index (χ1v) is 10.8. The molecular weight excluding hydrogens is 394 g/mol. The van der Waals surface area contributed by atoms with Crippen LogP contribution in [-0.4, -0.2) is 46.0 Å². The number of rotatable bonds is 7. The highest BCUT2D eigenvalue weighted by Crippen LogP contribution is 2.28. The molecule has 0 amide bonds. The standard InChI is InChI=1S/C21H25NO6S/c1-15-6-8-17(29(24,25)22-10-4-5-11-22)13-18(15)21(23)28-14-16-7-9-19(26-2)20(12-16)27-3/h6-9,12-13H,4-5,10-11,14H2,1-3H3. The number of aryl methyl sites for hydroxylation is 1. The average molecular weight is 419 g/mol. The van der Waals surface area contributed by atoms with Gasteiger partial charge in [0.1, 0.15) is 6.61 Å². The first-order chi connectivity index (χ1) is 13.9. The fourth-order valence-electron chi connectivity index (χ4n) is 3.26. The van der Waals surface area contributed by atoms with E-state index in [-0.39, 0.29) is 17.1 Å². The summed E-state index contributed by atoms with van der Waals surface area (Å²) in [6.07, 6.45) is 1.70. The van der Waals surface area contributed by atoms with Gasteiger partial charge in [0, 0.05) is 13.1 Å². The summed E-state index contributed by atoms with van der Waals surface area (Å²) in [5, 5.41) is 0. The normalized spacial score (nSPS) is 14.6. The fraction of sp³-hybridized carbons (Fsp3) is 0.381. The third-order valence-corrected chi connectivity index (χ3v) is 6.84. The first kappa shape index (κ1) is 21.1. The molecule has 0 unspecified atom stereocenters. The van der Waals surface area contributed by atoms with Gasteiger partial charge in [-0.3, -0.25) is 0 Å². The Kier molecular flexibility index (Phi) is 6.44. The summed E-state index contributed by atoms with van der Waals surface area (Å²) in [5.41, 5.74) is 1.63. The minimum absolute atomic E-state index is 0.0295. The summed E-state index contributed by atoms with van der Waals surface area (Å²) in [7, 11) is -0.524. The summed E-state index contributed by atoms with van der Waals surface area (Å²) in [4.78, 5) is 12.7. The molecule has 0 bridgehead atoms.